The number of amides is 1. The van der Waals surface area contributed by atoms with Crippen molar-refractivity contribution in [2.75, 3.05) is 26.9 Å². The highest BCUT2D eigenvalue weighted by Crippen LogP contribution is 2.31. The number of methoxy groups -OCH3 is 1. The molecular weight excluding hydrogens is 390 g/mol. The molecule has 1 N–H and O–H groups in total. The Labute approximate surface area is 172 Å². The third-order valence-corrected chi connectivity index (χ3v) is 4.76. The topological polar surface area (TPSA) is 96.2 Å². The first kappa shape index (κ1) is 19.6. The van der Waals surface area contributed by atoms with E-state index >= 15 is 0 Å². The van der Waals surface area contributed by atoms with Crippen molar-refractivity contribution in [1.29, 1.82) is 0 Å². The van der Waals surface area contributed by atoms with Crippen LogP contribution < -0.4 is 19.5 Å². The lowest BCUT2D eigenvalue weighted by Crippen LogP contribution is -2.42. The van der Waals surface area contributed by atoms with Gasteiger partial charge in [-0.1, -0.05) is 12.1 Å². The monoisotopic (exact) mass is 411 g/mol. The Hall–Kier alpha value is -3.68. The second-order valence-corrected chi connectivity index (χ2v) is 6.80. The Balaban J connectivity index is 1.29. The summed E-state index contributed by atoms with van der Waals surface area (Å²) in [5.41, 5.74) is 1.17. The van der Waals surface area contributed by atoms with Gasteiger partial charge in [-0.3, -0.25) is 4.79 Å². The van der Waals surface area contributed by atoms with Gasteiger partial charge in [0.2, 0.25) is 5.76 Å². The molecule has 2 aromatic carbocycles. The molecule has 1 aromatic heterocycles. The Morgan fingerprint density at radius 3 is 2.77 bits per heavy atom. The molecule has 8 nitrogen and oxygen atoms in total. The Morgan fingerprint density at radius 1 is 1.17 bits per heavy atom. The summed E-state index contributed by atoms with van der Waals surface area (Å²) in [5, 5.41) is 3.43. The minimum absolute atomic E-state index is 0.0617. The maximum absolute atomic E-state index is 12.4. The van der Waals surface area contributed by atoms with Gasteiger partial charge in [0, 0.05) is 10.9 Å². The van der Waals surface area contributed by atoms with Crippen LogP contribution in [0, 0.1) is 6.92 Å². The number of ether oxygens (including phenoxy) is 4. The van der Waals surface area contributed by atoms with Crippen LogP contribution in [-0.4, -0.2) is 44.8 Å². The molecule has 1 atom stereocenters. The maximum atomic E-state index is 12.4. The van der Waals surface area contributed by atoms with Gasteiger partial charge >= 0.3 is 5.97 Å². The molecule has 0 aliphatic carbocycles. The first-order chi connectivity index (χ1) is 14.5. The number of benzene rings is 2. The van der Waals surface area contributed by atoms with Crippen molar-refractivity contribution in [1.82, 2.24) is 5.32 Å². The SMILES string of the molecule is COc1ccc2oc(C(=O)OCC(=O)NC[C@H]3COc4ccccc4O3)c(C)c2c1. The number of carbonyl (C=O) groups excluding carboxylic acids is 2. The molecule has 0 spiro atoms. The van der Waals surface area contributed by atoms with E-state index in [1.165, 1.54) is 0 Å². The van der Waals surface area contributed by atoms with E-state index in [1.54, 1.807) is 38.3 Å². The van der Waals surface area contributed by atoms with E-state index in [4.69, 9.17) is 23.4 Å². The van der Waals surface area contributed by atoms with Gasteiger partial charge in [-0.15, -0.1) is 0 Å². The summed E-state index contributed by atoms with van der Waals surface area (Å²) >= 11 is 0. The van der Waals surface area contributed by atoms with Crippen LogP contribution in [0.15, 0.2) is 46.9 Å². The first-order valence-corrected chi connectivity index (χ1v) is 9.44. The van der Waals surface area contributed by atoms with Crippen molar-refractivity contribution in [2.24, 2.45) is 0 Å². The van der Waals surface area contributed by atoms with Gasteiger partial charge in [0.05, 0.1) is 13.7 Å². The van der Waals surface area contributed by atoms with Crippen LogP contribution in [0.2, 0.25) is 0 Å². The summed E-state index contributed by atoms with van der Waals surface area (Å²) in [6.45, 7) is 1.87. The summed E-state index contributed by atoms with van der Waals surface area (Å²) in [7, 11) is 1.56. The number of rotatable bonds is 6. The van der Waals surface area contributed by atoms with Crippen LogP contribution in [0.4, 0.5) is 0 Å². The number of hydrogen-bond acceptors (Lipinski definition) is 7. The zero-order chi connectivity index (χ0) is 21.1. The Bertz CT molecular complexity index is 1090. The van der Waals surface area contributed by atoms with Crippen molar-refractivity contribution >= 4 is 22.8 Å². The fourth-order valence-corrected chi connectivity index (χ4v) is 3.16. The average Bonchev–Trinajstić information content (AvgIpc) is 3.11. The highest BCUT2D eigenvalue weighted by Gasteiger charge is 2.23. The first-order valence-electron chi connectivity index (χ1n) is 9.44. The quantitative estimate of drug-likeness (QED) is 0.623. The van der Waals surface area contributed by atoms with E-state index < -0.39 is 18.5 Å². The minimum Gasteiger partial charge on any atom is -0.497 e. The standard InChI is InChI=1S/C22H21NO7/c1-13-16-9-14(26-2)7-8-17(16)30-21(13)22(25)28-12-20(24)23-10-15-11-27-18-5-3-4-6-19(18)29-15/h3-9,15H,10-12H2,1-2H3,(H,23,24)/t15-/m0/s1. The molecule has 1 amide bonds. The molecule has 156 valence electrons. The van der Waals surface area contributed by atoms with Crippen molar-refractivity contribution in [2.45, 2.75) is 13.0 Å². The molecule has 4 rings (SSSR count). The van der Waals surface area contributed by atoms with Crippen molar-refractivity contribution in [3.63, 3.8) is 0 Å². The molecule has 1 aliphatic heterocycles. The highest BCUT2D eigenvalue weighted by atomic mass is 16.6. The van der Waals surface area contributed by atoms with Gasteiger partial charge in [-0.05, 0) is 37.3 Å². The molecule has 30 heavy (non-hydrogen) atoms. The number of hydrogen-bond donors (Lipinski definition) is 1. The van der Waals surface area contributed by atoms with Gasteiger partial charge in [0.1, 0.15) is 24.0 Å². The molecule has 0 bridgehead atoms. The van der Waals surface area contributed by atoms with E-state index in [1.807, 2.05) is 18.2 Å². The molecule has 0 radical (unpaired) electrons. The predicted molar refractivity (Wildman–Crippen MR) is 107 cm³/mol. The second-order valence-electron chi connectivity index (χ2n) is 6.80. The fraction of sp³-hybridized carbons (Fsp3) is 0.273. The number of furan rings is 1. The fourth-order valence-electron chi connectivity index (χ4n) is 3.16. The van der Waals surface area contributed by atoms with Crippen LogP contribution in [0.5, 0.6) is 17.2 Å². The third kappa shape index (κ3) is 4.03. The summed E-state index contributed by atoms with van der Waals surface area (Å²) in [6.07, 6.45) is -0.327. The molecule has 0 unspecified atom stereocenters. The lowest BCUT2D eigenvalue weighted by atomic mass is 10.1. The van der Waals surface area contributed by atoms with Gasteiger partial charge < -0.3 is 28.7 Å². The number of fused-ring (bicyclic) bond motifs is 2. The van der Waals surface area contributed by atoms with Gasteiger partial charge in [0.15, 0.2) is 18.1 Å². The molecule has 0 fully saturated rings. The zero-order valence-electron chi connectivity index (χ0n) is 16.6. The summed E-state index contributed by atoms with van der Waals surface area (Å²) in [4.78, 5) is 24.4. The van der Waals surface area contributed by atoms with Crippen LogP contribution in [0.25, 0.3) is 11.0 Å². The number of esters is 1. The largest absolute Gasteiger partial charge is 0.497 e. The second kappa shape index (κ2) is 8.36. The lowest BCUT2D eigenvalue weighted by molar-refractivity contribution is -0.124. The van der Waals surface area contributed by atoms with Gasteiger partial charge in [-0.2, -0.15) is 0 Å². The van der Waals surface area contributed by atoms with E-state index in [0.29, 0.717) is 35.0 Å². The number of nitrogens with one attached hydrogen (secondary N) is 1. The van der Waals surface area contributed by atoms with Gasteiger partial charge in [-0.25, -0.2) is 4.79 Å². The third-order valence-electron chi connectivity index (χ3n) is 4.76. The van der Waals surface area contributed by atoms with Gasteiger partial charge in [0.25, 0.3) is 5.91 Å². The number of carbonyl (C=O) groups is 2. The zero-order valence-corrected chi connectivity index (χ0v) is 16.6. The Kier molecular flexibility index (Phi) is 5.47. The van der Waals surface area contributed by atoms with Crippen molar-refractivity contribution < 1.29 is 33.0 Å². The summed E-state index contributed by atoms with van der Waals surface area (Å²) in [5.74, 6) is 0.874. The van der Waals surface area contributed by atoms with E-state index in [2.05, 4.69) is 5.32 Å². The molecule has 0 saturated carbocycles. The van der Waals surface area contributed by atoms with Crippen LogP contribution >= 0.6 is 0 Å². The van der Waals surface area contributed by atoms with Crippen LogP contribution in [0.3, 0.4) is 0 Å². The van der Waals surface area contributed by atoms with Crippen molar-refractivity contribution in [3.8, 4) is 17.2 Å². The summed E-state index contributed by atoms with van der Waals surface area (Å²) in [6, 6.07) is 12.6. The molecular formula is C22H21NO7. The van der Waals surface area contributed by atoms with Crippen LogP contribution in [-0.2, 0) is 9.53 Å². The minimum atomic E-state index is -0.705. The van der Waals surface area contributed by atoms with E-state index in [0.717, 1.165) is 5.39 Å². The normalized spacial score (nSPS) is 14.9. The molecule has 0 saturated heterocycles. The highest BCUT2D eigenvalue weighted by molar-refractivity contribution is 5.97. The molecule has 8 heteroatoms. The maximum Gasteiger partial charge on any atom is 0.375 e. The molecule has 2 heterocycles. The Morgan fingerprint density at radius 2 is 1.97 bits per heavy atom. The predicted octanol–water partition coefficient (Wildman–Crippen LogP) is 2.86. The van der Waals surface area contributed by atoms with E-state index in [9.17, 15) is 9.59 Å². The molecule has 3 aromatic rings. The average molecular weight is 411 g/mol. The van der Waals surface area contributed by atoms with Crippen LogP contribution in [0.1, 0.15) is 16.1 Å². The summed E-state index contributed by atoms with van der Waals surface area (Å²) < 4.78 is 27.3. The smallest absolute Gasteiger partial charge is 0.375 e. The van der Waals surface area contributed by atoms with E-state index in [-0.39, 0.29) is 18.4 Å². The number of para-hydroxylation sites is 2. The lowest BCUT2D eigenvalue weighted by Gasteiger charge is -2.26. The van der Waals surface area contributed by atoms with Crippen molar-refractivity contribution in [3.05, 3.63) is 53.8 Å². The number of aryl methyl sites for hydroxylation is 1. The molecule has 1 aliphatic rings.